The van der Waals surface area contributed by atoms with E-state index in [2.05, 4.69) is 37.0 Å². The van der Waals surface area contributed by atoms with Gasteiger partial charge >= 0.3 is 0 Å². The lowest BCUT2D eigenvalue weighted by Gasteiger charge is -2.07. The minimum Gasteiger partial charge on any atom is -0.397 e. The molecule has 0 fully saturated rings. The Morgan fingerprint density at radius 3 is 2.69 bits per heavy atom. The molecule has 82 valence electrons. The lowest BCUT2D eigenvalue weighted by atomic mass is 10.2. The zero-order valence-corrected chi connectivity index (χ0v) is 10.2. The monoisotopic (exact) mass is 230 g/mol. The molecule has 1 heterocycles. The van der Waals surface area contributed by atoms with Gasteiger partial charge in [0.15, 0.2) is 0 Å². The summed E-state index contributed by atoms with van der Waals surface area (Å²) < 4.78 is 0. The number of anilines is 1. The summed E-state index contributed by atoms with van der Waals surface area (Å²) in [4.78, 5) is 5.48. The first-order chi connectivity index (χ1) is 7.66. The van der Waals surface area contributed by atoms with Crippen LogP contribution >= 0.6 is 11.8 Å². The van der Waals surface area contributed by atoms with Crippen molar-refractivity contribution in [1.82, 2.24) is 4.98 Å². The van der Waals surface area contributed by atoms with E-state index in [1.807, 2.05) is 12.1 Å². The summed E-state index contributed by atoms with van der Waals surface area (Å²) in [5, 5.41) is 0.870. The predicted octanol–water partition coefficient (Wildman–Crippen LogP) is 3.43. The molecular weight excluding hydrogens is 216 g/mol. The standard InChI is InChI=1S/C13H14N2S/c1-9-5-6-12(10(2)8-9)16-13-11(14)4-3-7-15-13/h3-8H,14H2,1-2H3. The Hall–Kier alpha value is -1.48. The fraction of sp³-hybridized carbons (Fsp3) is 0.154. The van der Waals surface area contributed by atoms with Crippen LogP contribution in [0.5, 0.6) is 0 Å². The minimum atomic E-state index is 0.729. The number of pyridine rings is 1. The van der Waals surface area contributed by atoms with E-state index >= 15 is 0 Å². The number of aryl methyl sites for hydroxylation is 2. The molecule has 0 saturated carbocycles. The first-order valence-electron chi connectivity index (χ1n) is 5.12. The number of hydrogen-bond acceptors (Lipinski definition) is 3. The van der Waals surface area contributed by atoms with Crippen molar-refractivity contribution in [3.8, 4) is 0 Å². The second-order valence-electron chi connectivity index (χ2n) is 3.77. The van der Waals surface area contributed by atoms with E-state index in [9.17, 15) is 0 Å². The SMILES string of the molecule is Cc1ccc(Sc2ncccc2N)c(C)c1. The molecule has 2 nitrogen and oxygen atoms in total. The van der Waals surface area contributed by atoms with E-state index in [1.165, 1.54) is 16.0 Å². The zero-order chi connectivity index (χ0) is 11.5. The van der Waals surface area contributed by atoms with Gasteiger partial charge in [-0.05, 0) is 37.6 Å². The summed E-state index contributed by atoms with van der Waals surface area (Å²) in [6.07, 6.45) is 1.77. The largest absolute Gasteiger partial charge is 0.397 e. The van der Waals surface area contributed by atoms with Gasteiger partial charge in [0, 0.05) is 11.1 Å². The molecule has 2 aromatic rings. The highest BCUT2D eigenvalue weighted by Crippen LogP contribution is 2.32. The summed E-state index contributed by atoms with van der Waals surface area (Å²) in [6, 6.07) is 10.1. The van der Waals surface area contributed by atoms with Crippen molar-refractivity contribution in [2.75, 3.05) is 5.73 Å². The quantitative estimate of drug-likeness (QED) is 0.859. The first-order valence-corrected chi connectivity index (χ1v) is 5.94. The molecule has 0 saturated heterocycles. The molecule has 2 rings (SSSR count). The molecule has 0 aliphatic carbocycles. The normalized spacial score (nSPS) is 10.4. The molecule has 16 heavy (non-hydrogen) atoms. The van der Waals surface area contributed by atoms with Crippen LogP contribution in [0.4, 0.5) is 5.69 Å². The Labute approximate surface area is 99.9 Å². The highest BCUT2D eigenvalue weighted by Gasteiger charge is 2.05. The number of benzene rings is 1. The molecule has 1 aromatic carbocycles. The molecule has 1 aromatic heterocycles. The van der Waals surface area contributed by atoms with Gasteiger partial charge in [-0.1, -0.05) is 29.5 Å². The summed E-state index contributed by atoms with van der Waals surface area (Å²) in [5.74, 6) is 0. The summed E-state index contributed by atoms with van der Waals surface area (Å²) in [5.41, 5.74) is 9.13. The van der Waals surface area contributed by atoms with E-state index in [4.69, 9.17) is 5.73 Å². The fourth-order valence-electron chi connectivity index (χ4n) is 1.51. The highest BCUT2D eigenvalue weighted by molar-refractivity contribution is 7.99. The van der Waals surface area contributed by atoms with Gasteiger partial charge in [-0.2, -0.15) is 0 Å². The minimum absolute atomic E-state index is 0.729. The van der Waals surface area contributed by atoms with Crippen molar-refractivity contribution in [3.63, 3.8) is 0 Å². The van der Waals surface area contributed by atoms with E-state index in [0.717, 1.165) is 10.7 Å². The average molecular weight is 230 g/mol. The Bertz CT molecular complexity index is 509. The molecule has 2 N–H and O–H groups in total. The number of hydrogen-bond donors (Lipinski definition) is 1. The van der Waals surface area contributed by atoms with Gasteiger partial charge in [0.2, 0.25) is 0 Å². The Morgan fingerprint density at radius 1 is 1.19 bits per heavy atom. The molecule has 0 unspecified atom stereocenters. The van der Waals surface area contributed by atoms with E-state index in [-0.39, 0.29) is 0 Å². The topological polar surface area (TPSA) is 38.9 Å². The van der Waals surface area contributed by atoms with Gasteiger partial charge in [-0.3, -0.25) is 0 Å². The predicted molar refractivity (Wildman–Crippen MR) is 68.7 cm³/mol. The smallest absolute Gasteiger partial charge is 0.124 e. The molecule has 0 bridgehead atoms. The molecular formula is C13H14N2S. The lowest BCUT2D eigenvalue weighted by molar-refractivity contribution is 1.13. The number of nitrogens with two attached hydrogens (primary N) is 1. The maximum atomic E-state index is 5.87. The van der Waals surface area contributed by atoms with Crippen LogP contribution < -0.4 is 5.73 Å². The Balaban J connectivity index is 2.31. The Kier molecular flexibility index (Phi) is 3.15. The van der Waals surface area contributed by atoms with Crippen LogP contribution in [-0.4, -0.2) is 4.98 Å². The second kappa shape index (κ2) is 4.58. The van der Waals surface area contributed by atoms with Gasteiger partial charge in [-0.25, -0.2) is 4.98 Å². The molecule has 0 radical (unpaired) electrons. The highest BCUT2D eigenvalue weighted by atomic mass is 32.2. The summed E-state index contributed by atoms with van der Waals surface area (Å²) >= 11 is 1.61. The van der Waals surface area contributed by atoms with Crippen LogP contribution in [0.1, 0.15) is 11.1 Å². The third kappa shape index (κ3) is 2.36. The van der Waals surface area contributed by atoms with Crippen LogP contribution in [0.25, 0.3) is 0 Å². The molecule has 0 atom stereocenters. The van der Waals surface area contributed by atoms with Gasteiger partial charge in [-0.15, -0.1) is 0 Å². The number of nitrogen functional groups attached to an aromatic ring is 1. The van der Waals surface area contributed by atoms with E-state index in [1.54, 1.807) is 18.0 Å². The fourth-order valence-corrected chi connectivity index (χ4v) is 2.37. The third-order valence-electron chi connectivity index (χ3n) is 2.34. The lowest BCUT2D eigenvalue weighted by Crippen LogP contribution is -1.91. The van der Waals surface area contributed by atoms with Crippen LogP contribution in [0, 0.1) is 13.8 Å². The van der Waals surface area contributed by atoms with Crippen LogP contribution in [-0.2, 0) is 0 Å². The molecule has 0 aliphatic rings. The Morgan fingerprint density at radius 2 is 2.00 bits per heavy atom. The molecule has 0 aliphatic heterocycles. The second-order valence-corrected chi connectivity index (χ2v) is 4.80. The van der Waals surface area contributed by atoms with Crippen molar-refractivity contribution < 1.29 is 0 Å². The van der Waals surface area contributed by atoms with Gasteiger partial charge < -0.3 is 5.73 Å². The molecule has 3 heteroatoms. The number of rotatable bonds is 2. The van der Waals surface area contributed by atoms with Crippen LogP contribution in [0.15, 0.2) is 46.5 Å². The molecule has 0 amide bonds. The van der Waals surface area contributed by atoms with Gasteiger partial charge in [0.1, 0.15) is 5.03 Å². The van der Waals surface area contributed by atoms with Gasteiger partial charge in [0.05, 0.1) is 5.69 Å². The van der Waals surface area contributed by atoms with Crippen molar-refractivity contribution in [2.24, 2.45) is 0 Å². The van der Waals surface area contributed by atoms with Crippen LogP contribution in [0.2, 0.25) is 0 Å². The number of aromatic nitrogens is 1. The van der Waals surface area contributed by atoms with Gasteiger partial charge in [0.25, 0.3) is 0 Å². The molecule has 0 spiro atoms. The average Bonchev–Trinajstić information content (AvgIpc) is 2.25. The zero-order valence-electron chi connectivity index (χ0n) is 9.40. The van der Waals surface area contributed by atoms with Crippen molar-refractivity contribution in [2.45, 2.75) is 23.8 Å². The van der Waals surface area contributed by atoms with Crippen molar-refractivity contribution in [1.29, 1.82) is 0 Å². The summed E-state index contributed by atoms with van der Waals surface area (Å²) in [6.45, 7) is 4.20. The van der Waals surface area contributed by atoms with Crippen molar-refractivity contribution in [3.05, 3.63) is 47.7 Å². The van der Waals surface area contributed by atoms with E-state index in [0.29, 0.717) is 0 Å². The maximum Gasteiger partial charge on any atom is 0.124 e. The van der Waals surface area contributed by atoms with Crippen LogP contribution in [0.3, 0.4) is 0 Å². The first kappa shape index (κ1) is 11.0. The maximum absolute atomic E-state index is 5.87. The van der Waals surface area contributed by atoms with E-state index < -0.39 is 0 Å². The summed E-state index contributed by atoms with van der Waals surface area (Å²) in [7, 11) is 0. The number of nitrogens with zero attached hydrogens (tertiary/aromatic N) is 1. The third-order valence-corrected chi connectivity index (χ3v) is 3.55. The van der Waals surface area contributed by atoms with Crippen molar-refractivity contribution >= 4 is 17.4 Å².